The van der Waals surface area contributed by atoms with Crippen molar-refractivity contribution in [3.63, 3.8) is 0 Å². The first-order chi connectivity index (χ1) is 18.8. The molecule has 1 unspecified atom stereocenters. The van der Waals surface area contributed by atoms with Gasteiger partial charge < -0.3 is 15.7 Å². The van der Waals surface area contributed by atoms with Crippen molar-refractivity contribution in [3.05, 3.63) is 76.6 Å². The van der Waals surface area contributed by atoms with Crippen LogP contribution in [0.3, 0.4) is 0 Å². The molecule has 1 heterocycles. The highest BCUT2D eigenvalue weighted by atomic mass is 32.1. The number of benzene rings is 2. The summed E-state index contributed by atoms with van der Waals surface area (Å²) in [6, 6.07) is 19.0. The summed E-state index contributed by atoms with van der Waals surface area (Å²) >= 11 is 1.59. The summed E-state index contributed by atoms with van der Waals surface area (Å²) in [6.45, 7) is 3.81. The minimum Gasteiger partial charge on any atom is -0.465 e. The van der Waals surface area contributed by atoms with Gasteiger partial charge in [-0.05, 0) is 43.6 Å². The lowest BCUT2D eigenvalue weighted by molar-refractivity contribution is -0.143. The summed E-state index contributed by atoms with van der Waals surface area (Å²) in [4.78, 5) is 44.1. The van der Waals surface area contributed by atoms with Crippen molar-refractivity contribution in [2.24, 2.45) is 5.41 Å². The zero-order valence-corrected chi connectivity index (χ0v) is 23.4. The maximum atomic E-state index is 13.9. The summed E-state index contributed by atoms with van der Waals surface area (Å²) in [7, 11) is 0. The van der Waals surface area contributed by atoms with Gasteiger partial charge >= 0.3 is 6.09 Å². The molecular weight excluding hydrogens is 510 g/mol. The van der Waals surface area contributed by atoms with Gasteiger partial charge in [0.15, 0.2) is 0 Å². The van der Waals surface area contributed by atoms with Crippen LogP contribution in [0.15, 0.2) is 66.0 Å². The number of thiazole rings is 1. The predicted octanol–water partition coefficient (Wildman–Crippen LogP) is 6.56. The number of ketones is 1. The highest BCUT2D eigenvalue weighted by Crippen LogP contribution is 2.50. The van der Waals surface area contributed by atoms with E-state index in [1.54, 1.807) is 11.3 Å². The molecule has 2 aromatic carbocycles. The van der Waals surface area contributed by atoms with Gasteiger partial charge in [-0.25, -0.2) is 9.78 Å². The van der Waals surface area contributed by atoms with Crippen LogP contribution in [-0.2, 0) is 16.0 Å². The molecule has 0 radical (unpaired) electrons. The molecule has 0 spiro atoms. The third-order valence-corrected chi connectivity index (χ3v) is 8.68. The molecule has 1 aliphatic rings. The van der Waals surface area contributed by atoms with Crippen molar-refractivity contribution in [1.82, 2.24) is 15.6 Å². The van der Waals surface area contributed by atoms with Crippen LogP contribution in [0.4, 0.5) is 4.79 Å². The second-order valence-corrected chi connectivity index (χ2v) is 11.7. The zero-order valence-electron chi connectivity index (χ0n) is 22.6. The number of Topliss-reactive ketones (excluding diaryl/α,β-unsaturated/α-hetero) is 1. The van der Waals surface area contributed by atoms with Crippen LogP contribution in [0.25, 0.3) is 11.3 Å². The SMILES string of the molecule is CCCCC(CC1(Cc2nc(-c3ccccc3)cs2)CCC1)(NC(=O)O)C(=O)C(=O)N[C@H](C)c1ccccc1. The fraction of sp³-hybridized carbons (Fsp3) is 0.419. The van der Waals surface area contributed by atoms with Crippen LogP contribution in [0.5, 0.6) is 0 Å². The summed E-state index contributed by atoms with van der Waals surface area (Å²) in [6.07, 6.45) is 4.02. The maximum Gasteiger partial charge on any atom is 0.405 e. The Kier molecular flexibility index (Phi) is 9.17. The quantitative estimate of drug-likeness (QED) is 0.210. The topological polar surface area (TPSA) is 108 Å². The van der Waals surface area contributed by atoms with E-state index in [4.69, 9.17) is 4.98 Å². The lowest BCUT2D eigenvalue weighted by atomic mass is 9.59. The molecule has 7 nitrogen and oxygen atoms in total. The van der Waals surface area contributed by atoms with E-state index in [-0.39, 0.29) is 24.3 Å². The number of nitrogens with one attached hydrogen (secondary N) is 2. The summed E-state index contributed by atoms with van der Waals surface area (Å²) in [5.74, 6) is -1.47. The fourth-order valence-corrected chi connectivity index (χ4v) is 6.60. The number of carbonyl (C=O) groups excluding carboxylic acids is 2. The monoisotopic (exact) mass is 547 g/mol. The van der Waals surface area contributed by atoms with E-state index in [1.165, 1.54) is 0 Å². The molecule has 2 amide bonds. The molecule has 1 aromatic heterocycles. The van der Waals surface area contributed by atoms with Crippen LogP contribution in [0, 0.1) is 5.41 Å². The van der Waals surface area contributed by atoms with E-state index in [2.05, 4.69) is 10.6 Å². The number of nitrogens with zero attached hydrogens (tertiary/aromatic N) is 1. The normalized spacial score (nSPS) is 16.4. The minimum atomic E-state index is -1.50. The number of hydrogen-bond acceptors (Lipinski definition) is 5. The smallest absolute Gasteiger partial charge is 0.405 e. The van der Waals surface area contributed by atoms with E-state index in [9.17, 15) is 19.5 Å². The predicted molar refractivity (Wildman–Crippen MR) is 154 cm³/mol. The Hall–Kier alpha value is -3.52. The highest BCUT2D eigenvalue weighted by Gasteiger charge is 2.51. The van der Waals surface area contributed by atoms with Crippen molar-refractivity contribution < 1.29 is 19.5 Å². The number of carbonyl (C=O) groups is 3. The van der Waals surface area contributed by atoms with E-state index in [0.29, 0.717) is 12.8 Å². The number of aromatic nitrogens is 1. The molecule has 1 saturated carbocycles. The first-order valence-corrected chi connectivity index (χ1v) is 14.5. The standard InChI is InChI=1S/C31H37N3O4S/c1-3-4-18-31(34-29(37)38,27(35)28(36)32-22(2)23-12-7-5-8-13-23)21-30(16-11-17-30)19-26-33-25(20-39-26)24-14-9-6-10-15-24/h5-10,12-15,20,22,34H,3-4,11,16-19,21H2,1-2H3,(H,32,36)(H,37,38)/t22-,31?/m1/s1. The van der Waals surface area contributed by atoms with Crippen molar-refractivity contribution >= 4 is 29.1 Å². The summed E-state index contributed by atoms with van der Waals surface area (Å²) in [5.41, 5.74) is 1.03. The third-order valence-electron chi connectivity index (χ3n) is 7.83. The van der Waals surface area contributed by atoms with E-state index < -0.39 is 23.3 Å². The molecule has 0 saturated heterocycles. The van der Waals surface area contributed by atoms with Gasteiger partial charge in [-0.3, -0.25) is 9.59 Å². The van der Waals surface area contributed by atoms with Crippen LogP contribution in [0.2, 0.25) is 0 Å². The lowest BCUT2D eigenvalue weighted by Crippen LogP contribution is -2.61. The summed E-state index contributed by atoms with van der Waals surface area (Å²) in [5, 5.41) is 18.2. The summed E-state index contributed by atoms with van der Waals surface area (Å²) < 4.78 is 0. The molecule has 8 heteroatoms. The van der Waals surface area contributed by atoms with Gasteiger partial charge in [0.05, 0.1) is 16.7 Å². The average molecular weight is 548 g/mol. The van der Waals surface area contributed by atoms with Gasteiger partial charge in [-0.1, -0.05) is 86.8 Å². The van der Waals surface area contributed by atoms with E-state index in [1.807, 2.05) is 79.9 Å². The van der Waals surface area contributed by atoms with E-state index in [0.717, 1.165) is 47.5 Å². The fourth-order valence-electron chi connectivity index (χ4n) is 5.62. The van der Waals surface area contributed by atoms with Crippen LogP contribution in [0.1, 0.15) is 75.4 Å². The Morgan fingerprint density at radius 3 is 2.33 bits per heavy atom. The molecule has 0 bridgehead atoms. The molecule has 2 atom stereocenters. The number of amides is 2. The molecule has 0 aliphatic heterocycles. The van der Waals surface area contributed by atoms with Crippen molar-refractivity contribution in [3.8, 4) is 11.3 Å². The largest absolute Gasteiger partial charge is 0.465 e. The Morgan fingerprint density at radius 2 is 1.74 bits per heavy atom. The zero-order chi connectivity index (χ0) is 27.9. The van der Waals surface area contributed by atoms with Crippen molar-refractivity contribution in [2.45, 2.75) is 76.8 Å². The molecular formula is C31H37N3O4S. The molecule has 39 heavy (non-hydrogen) atoms. The minimum absolute atomic E-state index is 0.274. The average Bonchev–Trinajstić information content (AvgIpc) is 3.39. The molecule has 206 valence electrons. The molecule has 3 aromatic rings. The first kappa shape index (κ1) is 28.5. The second kappa shape index (κ2) is 12.6. The van der Waals surface area contributed by atoms with Gasteiger partial charge in [0.1, 0.15) is 5.54 Å². The molecule has 4 rings (SSSR count). The molecule has 3 N–H and O–H groups in total. The number of carboxylic acid groups (broad SMARTS) is 1. The lowest BCUT2D eigenvalue weighted by Gasteiger charge is -2.47. The Labute approximate surface area is 234 Å². The van der Waals surface area contributed by atoms with Crippen molar-refractivity contribution in [1.29, 1.82) is 0 Å². The van der Waals surface area contributed by atoms with Gasteiger partial charge in [0.25, 0.3) is 5.91 Å². The van der Waals surface area contributed by atoms with Gasteiger partial charge in [0.2, 0.25) is 5.78 Å². The van der Waals surface area contributed by atoms with Gasteiger partial charge in [-0.2, -0.15) is 0 Å². The second-order valence-electron chi connectivity index (χ2n) is 10.8. The maximum absolute atomic E-state index is 13.9. The van der Waals surface area contributed by atoms with Crippen molar-refractivity contribution in [2.75, 3.05) is 0 Å². The molecule has 1 fully saturated rings. The number of unbranched alkanes of at least 4 members (excludes halogenated alkanes) is 1. The van der Waals surface area contributed by atoms with Crippen LogP contribution < -0.4 is 10.6 Å². The third kappa shape index (κ3) is 6.92. The Balaban J connectivity index is 1.59. The molecule has 1 aliphatic carbocycles. The first-order valence-electron chi connectivity index (χ1n) is 13.7. The highest BCUT2D eigenvalue weighted by molar-refractivity contribution is 7.09. The van der Waals surface area contributed by atoms with Crippen LogP contribution >= 0.6 is 11.3 Å². The Bertz CT molecular complexity index is 1270. The van der Waals surface area contributed by atoms with Gasteiger partial charge in [-0.15, -0.1) is 11.3 Å². The number of rotatable bonds is 13. The Morgan fingerprint density at radius 1 is 1.08 bits per heavy atom. The van der Waals surface area contributed by atoms with Gasteiger partial charge in [0, 0.05) is 17.4 Å². The van der Waals surface area contributed by atoms with Crippen LogP contribution in [-0.4, -0.2) is 33.4 Å². The van der Waals surface area contributed by atoms with E-state index >= 15 is 0 Å². The number of hydrogen-bond donors (Lipinski definition) is 3.